The van der Waals surface area contributed by atoms with Crippen LogP contribution in [-0.4, -0.2) is 44.2 Å². The maximum atomic E-state index is 13.9. The second kappa shape index (κ2) is 9.75. The minimum absolute atomic E-state index is 0. The molecule has 1 atom stereocenters. The van der Waals surface area contributed by atoms with Gasteiger partial charge in [-0.15, -0.1) is 24.0 Å². The van der Waals surface area contributed by atoms with Crippen molar-refractivity contribution in [1.29, 1.82) is 0 Å². The lowest BCUT2D eigenvalue weighted by Crippen LogP contribution is -2.41. The first kappa shape index (κ1) is 21.8. The zero-order chi connectivity index (χ0) is 19.4. The minimum Gasteiger partial charge on any atom is -0.454 e. The summed E-state index contributed by atoms with van der Waals surface area (Å²) in [6.07, 6.45) is 2.26. The van der Waals surface area contributed by atoms with Gasteiger partial charge in [-0.05, 0) is 31.0 Å². The van der Waals surface area contributed by atoms with E-state index in [0.717, 1.165) is 50.7 Å². The van der Waals surface area contributed by atoms with E-state index in [1.165, 1.54) is 6.07 Å². The summed E-state index contributed by atoms with van der Waals surface area (Å²) in [4.78, 5) is 6.76. The van der Waals surface area contributed by atoms with E-state index >= 15 is 0 Å². The molecule has 2 aromatic rings. The molecule has 0 amide bonds. The maximum absolute atomic E-state index is 13.9. The summed E-state index contributed by atoms with van der Waals surface area (Å²) < 4.78 is 25.4. The van der Waals surface area contributed by atoms with Gasteiger partial charge in [0.25, 0.3) is 0 Å². The summed E-state index contributed by atoms with van der Waals surface area (Å²) in [7, 11) is 1.81. The van der Waals surface area contributed by atoms with E-state index in [1.54, 1.807) is 25.2 Å². The van der Waals surface area contributed by atoms with Crippen LogP contribution in [0.5, 0.6) is 11.5 Å². The van der Waals surface area contributed by atoms with Gasteiger partial charge >= 0.3 is 0 Å². The zero-order valence-electron chi connectivity index (χ0n) is 16.6. The number of hydrogen-bond acceptors (Lipinski definition) is 3. The first-order chi connectivity index (χ1) is 13.7. The Morgan fingerprint density at radius 2 is 1.93 bits per heavy atom. The number of nitrogens with one attached hydrogen (secondary N) is 1. The Labute approximate surface area is 188 Å². The highest BCUT2D eigenvalue weighted by molar-refractivity contribution is 14.0. The van der Waals surface area contributed by atoms with Crippen LogP contribution in [0.15, 0.2) is 53.5 Å². The van der Waals surface area contributed by atoms with Crippen LogP contribution >= 0.6 is 24.0 Å². The molecular formula is C22H27FIN3O2. The van der Waals surface area contributed by atoms with Crippen LogP contribution in [-0.2, 0) is 11.3 Å². The molecule has 29 heavy (non-hydrogen) atoms. The third-order valence-corrected chi connectivity index (χ3v) is 5.60. The molecule has 2 fully saturated rings. The fourth-order valence-electron chi connectivity index (χ4n) is 3.99. The molecule has 2 saturated heterocycles. The van der Waals surface area contributed by atoms with Gasteiger partial charge in [0, 0.05) is 44.3 Å². The molecule has 5 nitrogen and oxygen atoms in total. The first-order valence-electron chi connectivity index (χ1n) is 9.73. The van der Waals surface area contributed by atoms with Gasteiger partial charge < -0.3 is 19.7 Å². The van der Waals surface area contributed by atoms with Gasteiger partial charge in [0.15, 0.2) is 17.5 Å². The second-order valence-electron chi connectivity index (χ2n) is 7.52. The standard InChI is InChI=1S/C22H26FN3O2.HI/c1-24-21(26-12-10-22(15-26)11-13-27-16-22)25-14-17-6-2-4-8-19(17)28-20-9-5-3-7-18(20)23;/h2-9H,10-16H2,1H3,(H,24,25);1H. The third-order valence-electron chi connectivity index (χ3n) is 5.60. The van der Waals surface area contributed by atoms with Gasteiger partial charge in [0.1, 0.15) is 5.75 Å². The second-order valence-corrected chi connectivity index (χ2v) is 7.52. The van der Waals surface area contributed by atoms with E-state index in [1.807, 2.05) is 24.3 Å². The van der Waals surface area contributed by atoms with Gasteiger partial charge in [-0.25, -0.2) is 4.39 Å². The average molecular weight is 511 g/mol. The highest BCUT2D eigenvalue weighted by Gasteiger charge is 2.42. The molecule has 0 bridgehead atoms. The number of likely N-dealkylation sites (tertiary alicyclic amines) is 1. The van der Waals surface area contributed by atoms with Gasteiger partial charge in [0.2, 0.25) is 0 Å². The summed E-state index contributed by atoms with van der Waals surface area (Å²) >= 11 is 0. The molecule has 1 N–H and O–H groups in total. The monoisotopic (exact) mass is 511 g/mol. The van der Waals surface area contributed by atoms with Crippen molar-refractivity contribution in [3.63, 3.8) is 0 Å². The van der Waals surface area contributed by atoms with E-state index < -0.39 is 0 Å². The van der Waals surface area contributed by atoms with Crippen molar-refractivity contribution in [3.8, 4) is 11.5 Å². The molecular weight excluding hydrogens is 484 g/mol. The van der Waals surface area contributed by atoms with E-state index in [2.05, 4.69) is 15.2 Å². The molecule has 156 valence electrons. The molecule has 0 saturated carbocycles. The number of halogens is 2. The number of hydrogen-bond donors (Lipinski definition) is 1. The molecule has 0 aromatic heterocycles. The van der Waals surface area contributed by atoms with Gasteiger partial charge in [-0.2, -0.15) is 0 Å². The smallest absolute Gasteiger partial charge is 0.193 e. The number of aliphatic imine (C=N–C) groups is 1. The Kier molecular flexibility index (Phi) is 7.34. The summed E-state index contributed by atoms with van der Waals surface area (Å²) in [5, 5.41) is 3.44. The summed E-state index contributed by atoms with van der Waals surface area (Å²) in [6.45, 7) is 4.22. The quantitative estimate of drug-likeness (QED) is 0.375. The lowest BCUT2D eigenvalue weighted by atomic mass is 9.87. The van der Waals surface area contributed by atoms with Crippen LogP contribution in [0.25, 0.3) is 0 Å². The normalized spacial score (nSPS) is 21.3. The Morgan fingerprint density at radius 1 is 1.17 bits per heavy atom. The minimum atomic E-state index is -0.373. The van der Waals surface area contributed by atoms with Gasteiger partial charge in [-0.3, -0.25) is 4.99 Å². The highest BCUT2D eigenvalue weighted by atomic mass is 127. The number of guanidine groups is 1. The van der Waals surface area contributed by atoms with Crippen LogP contribution in [0.1, 0.15) is 18.4 Å². The van der Waals surface area contributed by atoms with Crippen LogP contribution in [0, 0.1) is 11.2 Å². The van der Waals surface area contributed by atoms with Crippen molar-refractivity contribution >= 4 is 29.9 Å². The van der Waals surface area contributed by atoms with E-state index in [0.29, 0.717) is 12.3 Å². The number of nitrogens with zero attached hydrogens (tertiary/aromatic N) is 2. The van der Waals surface area contributed by atoms with Crippen molar-refractivity contribution < 1.29 is 13.9 Å². The summed E-state index contributed by atoms with van der Waals surface area (Å²) in [5.41, 5.74) is 1.23. The Hall–Kier alpha value is -1.87. The van der Waals surface area contributed by atoms with Gasteiger partial charge in [0.05, 0.1) is 6.61 Å². The number of rotatable bonds is 4. The molecule has 7 heteroatoms. The lowest BCUT2D eigenvalue weighted by molar-refractivity contribution is 0.156. The summed E-state index contributed by atoms with van der Waals surface area (Å²) in [5.74, 6) is 1.37. The van der Waals surface area contributed by atoms with Crippen LogP contribution < -0.4 is 10.1 Å². The maximum Gasteiger partial charge on any atom is 0.193 e. The molecule has 1 unspecified atom stereocenters. The average Bonchev–Trinajstić information content (AvgIpc) is 3.35. The molecule has 2 heterocycles. The SMILES string of the molecule is CN=C(NCc1ccccc1Oc1ccccc1F)N1CCC2(CCOC2)C1.I. The fraction of sp³-hybridized carbons (Fsp3) is 0.409. The molecule has 1 spiro atoms. The Morgan fingerprint density at radius 3 is 2.66 bits per heavy atom. The molecule has 4 rings (SSSR count). The largest absolute Gasteiger partial charge is 0.454 e. The third kappa shape index (κ3) is 5.01. The molecule has 0 aliphatic carbocycles. The van der Waals surface area contributed by atoms with Crippen molar-refractivity contribution in [2.75, 3.05) is 33.4 Å². The Bertz CT molecular complexity index is 855. The highest BCUT2D eigenvalue weighted by Crippen LogP contribution is 2.38. The summed E-state index contributed by atoms with van der Waals surface area (Å²) in [6, 6.07) is 14.1. The predicted molar refractivity (Wildman–Crippen MR) is 123 cm³/mol. The van der Waals surface area contributed by atoms with Crippen molar-refractivity contribution in [2.24, 2.45) is 10.4 Å². The number of para-hydroxylation sites is 2. The Balaban J connectivity index is 0.00000240. The van der Waals surface area contributed by atoms with Crippen molar-refractivity contribution in [3.05, 3.63) is 59.9 Å². The van der Waals surface area contributed by atoms with E-state index in [-0.39, 0.29) is 41.0 Å². The van der Waals surface area contributed by atoms with Crippen LogP contribution in [0.2, 0.25) is 0 Å². The predicted octanol–water partition coefficient (Wildman–Crippen LogP) is 4.42. The first-order valence-corrected chi connectivity index (χ1v) is 9.73. The molecule has 2 aliphatic rings. The fourth-order valence-corrected chi connectivity index (χ4v) is 3.99. The molecule has 2 aliphatic heterocycles. The molecule has 2 aromatic carbocycles. The number of ether oxygens (including phenoxy) is 2. The molecule has 0 radical (unpaired) electrons. The van der Waals surface area contributed by atoms with Crippen LogP contribution in [0.4, 0.5) is 4.39 Å². The van der Waals surface area contributed by atoms with E-state index in [9.17, 15) is 4.39 Å². The topological polar surface area (TPSA) is 46.1 Å². The lowest BCUT2D eigenvalue weighted by Gasteiger charge is -2.25. The zero-order valence-corrected chi connectivity index (χ0v) is 18.9. The van der Waals surface area contributed by atoms with Crippen molar-refractivity contribution in [1.82, 2.24) is 10.2 Å². The number of benzene rings is 2. The van der Waals surface area contributed by atoms with E-state index in [4.69, 9.17) is 9.47 Å². The van der Waals surface area contributed by atoms with Crippen molar-refractivity contribution in [2.45, 2.75) is 19.4 Å². The van der Waals surface area contributed by atoms with Gasteiger partial charge in [-0.1, -0.05) is 30.3 Å². The van der Waals surface area contributed by atoms with Crippen LogP contribution in [0.3, 0.4) is 0 Å².